The van der Waals surface area contributed by atoms with E-state index < -0.39 is 10.0 Å². The zero-order valence-electron chi connectivity index (χ0n) is 13.3. The fourth-order valence-corrected chi connectivity index (χ4v) is 3.43. The van der Waals surface area contributed by atoms with Crippen molar-refractivity contribution in [1.29, 1.82) is 0 Å². The molecule has 0 saturated carbocycles. The van der Waals surface area contributed by atoms with Gasteiger partial charge in [-0.2, -0.15) is 0 Å². The molecule has 1 aromatic heterocycles. The molecule has 7 nitrogen and oxygen atoms in total. The fourth-order valence-electron chi connectivity index (χ4n) is 2.34. The van der Waals surface area contributed by atoms with Crippen molar-refractivity contribution in [3.63, 3.8) is 0 Å². The number of fused-ring (bicyclic) bond motifs is 1. The molecule has 0 aliphatic heterocycles. The summed E-state index contributed by atoms with van der Waals surface area (Å²) in [6, 6.07) is 4.71. The van der Waals surface area contributed by atoms with Crippen LogP contribution in [0.4, 0.5) is 0 Å². The first-order valence-corrected chi connectivity index (χ1v) is 8.52. The highest BCUT2D eigenvalue weighted by atomic mass is 32.2. The molecule has 0 aliphatic rings. The second-order valence-electron chi connectivity index (χ2n) is 5.61. The lowest BCUT2D eigenvalue weighted by Gasteiger charge is -2.10. The maximum atomic E-state index is 12.3. The van der Waals surface area contributed by atoms with Crippen LogP contribution in [0.5, 0.6) is 0 Å². The Morgan fingerprint density at radius 1 is 1.14 bits per heavy atom. The van der Waals surface area contributed by atoms with Gasteiger partial charge in [-0.05, 0) is 45.3 Å². The highest BCUT2D eigenvalue weighted by Gasteiger charge is 2.16. The van der Waals surface area contributed by atoms with Gasteiger partial charge in [-0.15, -0.1) is 0 Å². The lowest BCUT2D eigenvalue weighted by Crippen LogP contribution is -2.27. The van der Waals surface area contributed by atoms with Crippen molar-refractivity contribution in [1.82, 2.24) is 18.8 Å². The molecule has 1 heterocycles. The molecule has 0 radical (unpaired) electrons. The number of sulfonamides is 1. The number of hydrogen-bond donors (Lipinski definition) is 1. The molecular formula is C14H22N4O3S. The minimum absolute atomic E-state index is 0.172. The Morgan fingerprint density at radius 3 is 2.41 bits per heavy atom. The molecule has 0 unspecified atom stereocenters. The van der Waals surface area contributed by atoms with Gasteiger partial charge in [0.25, 0.3) is 0 Å². The molecule has 1 N–H and O–H groups in total. The Kier molecular flexibility index (Phi) is 4.74. The molecule has 0 spiro atoms. The molecule has 1 aromatic carbocycles. The quantitative estimate of drug-likeness (QED) is 0.764. The standard InChI is InChI=1S/C14H22N4O3S/c1-16(2)9-5-8-15-22(20,21)11-6-7-12-13(10-11)18(4)14(19)17(12)3/h6-7,10,15H,5,8-9H2,1-4H3. The third-order valence-corrected chi connectivity index (χ3v) is 5.09. The number of aromatic nitrogens is 2. The molecule has 0 fully saturated rings. The number of rotatable bonds is 6. The minimum atomic E-state index is -3.56. The summed E-state index contributed by atoms with van der Waals surface area (Å²) in [5.74, 6) is 0. The second kappa shape index (κ2) is 6.23. The molecule has 0 amide bonds. The zero-order valence-corrected chi connectivity index (χ0v) is 14.1. The lowest BCUT2D eigenvalue weighted by molar-refractivity contribution is 0.400. The van der Waals surface area contributed by atoms with E-state index in [1.807, 2.05) is 19.0 Å². The van der Waals surface area contributed by atoms with Crippen molar-refractivity contribution >= 4 is 21.1 Å². The van der Waals surface area contributed by atoms with Gasteiger partial charge in [0.2, 0.25) is 10.0 Å². The SMILES string of the molecule is CN(C)CCCNS(=O)(=O)c1ccc2c(c1)n(C)c(=O)n2C. The van der Waals surface area contributed by atoms with Crippen LogP contribution in [0, 0.1) is 0 Å². The summed E-state index contributed by atoms with van der Waals surface area (Å²) >= 11 is 0. The topological polar surface area (TPSA) is 76.3 Å². The van der Waals surface area contributed by atoms with Crippen LogP contribution in [-0.2, 0) is 24.1 Å². The monoisotopic (exact) mass is 326 g/mol. The van der Waals surface area contributed by atoms with Gasteiger partial charge in [0.1, 0.15) is 0 Å². The van der Waals surface area contributed by atoms with Crippen LogP contribution in [0.3, 0.4) is 0 Å². The van der Waals surface area contributed by atoms with Crippen molar-refractivity contribution in [2.75, 3.05) is 27.2 Å². The van der Waals surface area contributed by atoms with Crippen LogP contribution >= 0.6 is 0 Å². The van der Waals surface area contributed by atoms with Crippen molar-refractivity contribution in [2.45, 2.75) is 11.3 Å². The molecule has 0 bridgehead atoms. The van der Waals surface area contributed by atoms with Crippen LogP contribution in [0.1, 0.15) is 6.42 Å². The predicted octanol–water partition coefficient (Wildman–Crippen LogP) is 0.107. The molecule has 0 aliphatic carbocycles. The van der Waals surface area contributed by atoms with Crippen molar-refractivity contribution in [2.24, 2.45) is 14.1 Å². The van der Waals surface area contributed by atoms with E-state index in [-0.39, 0.29) is 10.6 Å². The van der Waals surface area contributed by atoms with E-state index in [4.69, 9.17) is 0 Å². The number of benzene rings is 1. The Hall–Kier alpha value is -1.64. The first-order valence-electron chi connectivity index (χ1n) is 7.04. The van der Waals surface area contributed by atoms with Gasteiger partial charge < -0.3 is 4.90 Å². The average Bonchev–Trinajstić information content (AvgIpc) is 2.68. The van der Waals surface area contributed by atoms with E-state index in [0.717, 1.165) is 13.0 Å². The van der Waals surface area contributed by atoms with E-state index in [9.17, 15) is 13.2 Å². The number of nitrogens with zero attached hydrogens (tertiary/aromatic N) is 3. The third-order valence-electron chi connectivity index (χ3n) is 3.63. The molecular weight excluding hydrogens is 304 g/mol. The third kappa shape index (κ3) is 3.23. The first-order chi connectivity index (χ1) is 10.2. The summed E-state index contributed by atoms with van der Waals surface area (Å²) in [6.07, 6.45) is 0.734. The van der Waals surface area contributed by atoms with Crippen molar-refractivity contribution in [3.8, 4) is 0 Å². The fraction of sp³-hybridized carbons (Fsp3) is 0.500. The van der Waals surface area contributed by atoms with E-state index in [0.29, 0.717) is 17.6 Å². The van der Waals surface area contributed by atoms with Gasteiger partial charge in [-0.3, -0.25) is 9.13 Å². The second-order valence-corrected chi connectivity index (χ2v) is 7.37. The Labute approximate surface area is 130 Å². The number of imidazole rings is 1. The lowest BCUT2D eigenvalue weighted by atomic mass is 10.3. The molecule has 2 aromatic rings. The summed E-state index contributed by atoms with van der Waals surface area (Å²) < 4.78 is 30.1. The highest BCUT2D eigenvalue weighted by Crippen LogP contribution is 2.17. The smallest absolute Gasteiger partial charge is 0.309 e. The van der Waals surface area contributed by atoms with Gasteiger partial charge in [0.05, 0.1) is 15.9 Å². The van der Waals surface area contributed by atoms with Crippen LogP contribution < -0.4 is 10.4 Å². The van der Waals surface area contributed by atoms with Gasteiger partial charge in [0, 0.05) is 20.6 Å². The maximum absolute atomic E-state index is 12.3. The van der Waals surface area contributed by atoms with Gasteiger partial charge >= 0.3 is 5.69 Å². The highest BCUT2D eigenvalue weighted by molar-refractivity contribution is 7.89. The molecule has 8 heteroatoms. The summed E-state index contributed by atoms with van der Waals surface area (Å²) in [6.45, 7) is 1.20. The molecule has 0 atom stereocenters. The van der Waals surface area contributed by atoms with Crippen molar-refractivity contribution < 1.29 is 8.42 Å². The van der Waals surface area contributed by atoms with Gasteiger partial charge in [-0.1, -0.05) is 0 Å². The van der Waals surface area contributed by atoms with Crippen molar-refractivity contribution in [3.05, 3.63) is 28.7 Å². The van der Waals surface area contributed by atoms with E-state index >= 15 is 0 Å². The van der Waals surface area contributed by atoms with Crippen LogP contribution in [0.25, 0.3) is 11.0 Å². The normalized spacial score (nSPS) is 12.4. The number of hydrogen-bond acceptors (Lipinski definition) is 4. The molecule has 0 saturated heterocycles. The summed E-state index contributed by atoms with van der Waals surface area (Å²) in [7, 11) is 3.62. The van der Waals surface area contributed by atoms with E-state index in [2.05, 4.69) is 4.72 Å². The summed E-state index contributed by atoms with van der Waals surface area (Å²) in [4.78, 5) is 14.1. The molecule has 2 rings (SSSR count). The number of aryl methyl sites for hydroxylation is 2. The van der Waals surface area contributed by atoms with E-state index in [1.165, 1.54) is 21.3 Å². The number of nitrogens with one attached hydrogen (secondary N) is 1. The Morgan fingerprint density at radius 2 is 1.77 bits per heavy atom. The Balaban J connectivity index is 2.26. The van der Waals surface area contributed by atoms with Crippen LogP contribution in [0.2, 0.25) is 0 Å². The average molecular weight is 326 g/mol. The van der Waals surface area contributed by atoms with Gasteiger partial charge in [-0.25, -0.2) is 17.9 Å². The largest absolute Gasteiger partial charge is 0.328 e. The molecule has 122 valence electrons. The first kappa shape index (κ1) is 16.7. The van der Waals surface area contributed by atoms with E-state index in [1.54, 1.807) is 20.2 Å². The van der Waals surface area contributed by atoms with Gasteiger partial charge in [0.15, 0.2) is 0 Å². The van der Waals surface area contributed by atoms with Crippen LogP contribution in [-0.4, -0.2) is 49.6 Å². The maximum Gasteiger partial charge on any atom is 0.328 e. The molecule has 22 heavy (non-hydrogen) atoms. The Bertz CT molecular complexity index is 834. The summed E-state index contributed by atoms with van der Waals surface area (Å²) in [5.41, 5.74) is 1.13. The predicted molar refractivity (Wildman–Crippen MR) is 86.5 cm³/mol. The minimum Gasteiger partial charge on any atom is -0.309 e. The summed E-state index contributed by atoms with van der Waals surface area (Å²) in [5, 5.41) is 0. The zero-order chi connectivity index (χ0) is 16.5. The van der Waals surface area contributed by atoms with Crippen LogP contribution in [0.15, 0.2) is 27.9 Å².